The van der Waals surface area contributed by atoms with E-state index in [-0.39, 0.29) is 0 Å². The minimum Gasteiger partial charge on any atom is -0.366 e. The summed E-state index contributed by atoms with van der Waals surface area (Å²) < 4.78 is 0. The molecule has 1 unspecified atom stereocenters. The quantitative estimate of drug-likeness (QED) is 0.820. The SMILES string of the molecule is CCCc1c(Cl)ncnc1NC1CC1(C)C. The van der Waals surface area contributed by atoms with E-state index in [1.165, 1.54) is 12.7 Å². The van der Waals surface area contributed by atoms with Crippen LogP contribution in [0.2, 0.25) is 5.15 Å². The molecule has 2 rings (SSSR count). The molecule has 4 heteroatoms. The van der Waals surface area contributed by atoms with E-state index in [1.54, 1.807) is 0 Å². The number of aromatic nitrogens is 2. The summed E-state index contributed by atoms with van der Waals surface area (Å²) in [5.74, 6) is 0.914. The number of rotatable bonds is 4. The molecule has 0 bridgehead atoms. The highest BCUT2D eigenvalue weighted by Gasteiger charge is 2.46. The highest BCUT2D eigenvalue weighted by Crippen LogP contribution is 2.46. The molecule has 0 radical (unpaired) electrons. The van der Waals surface area contributed by atoms with Crippen LogP contribution >= 0.6 is 11.6 Å². The van der Waals surface area contributed by atoms with E-state index in [0.29, 0.717) is 16.6 Å². The van der Waals surface area contributed by atoms with Gasteiger partial charge in [-0.05, 0) is 18.3 Å². The normalized spacial score (nSPS) is 21.9. The van der Waals surface area contributed by atoms with Crippen LogP contribution in [-0.2, 0) is 6.42 Å². The second kappa shape index (κ2) is 4.21. The van der Waals surface area contributed by atoms with Gasteiger partial charge < -0.3 is 5.32 Å². The zero-order valence-electron chi connectivity index (χ0n) is 10.0. The first kappa shape index (κ1) is 11.6. The van der Waals surface area contributed by atoms with Gasteiger partial charge in [0.25, 0.3) is 0 Å². The van der Waals surface area contributed by atoms with E-state index < -0.39 is 0 Å². The second-order valence-corrected chi connectivity index (χ2v) is 5.49. The van der Waals surface area contributed by atoms with E-state index >= 15 is 0 Å². The Morgan fingerprint density at radius 1 is 1.50 bits per heavy atom. The Morgan fingerprint density at radius 3 is 2.75 bits per heavy atom. The lowest BCUT2D eigenvalue weighted by molar-refractivity contribution is 0.629. The molecule has 1 saturated carbocycles. The number of halogens is 1. The predicted molar refractivity (Wildman–Crippen MR) is 66.8 cm³/mol. The Bertz CT molecular complexity index is 390. The first-order chi connectivity index (χ1) is 7.54. The van der Waals surface area contributed by atoms with Gasteiger partial charge in [0, 0.05) is 11.6 Å². The summed E-state index contributed by atoms with van der Waals surface area (Å²) in [4.78, 5) is 8.33. The van der Waals surface area contributed by atoms with E-state index in [9.17, 15) is 0 Å². The van der Waals surface area contributed by atoms with Crippen molar-refractivity contribution in [2.45, 2.75) is 46.1 Å². The van der Waals surface area contributed by atoms with Crippen molar-refractivity contribution in [3.05, 3.63) is 17.0 Å². The van der Waals surface area contributed by atoms with Gasteiger partial charge in [-0.3, -0.25) is 0 Å². The molecule has 1 heterocycles. The van der Waals surface area contributed by atoms with Crippen molar-refractivity contribution in [2.75, 3.05) is 5.32 Å². The lowest BCUT2D eigenvalue weighted by atomic mass is 10.1. The molecule has 1 N–H and O–H groups in total. The Hall–Kier alpha value is -0.830. The molecular weight excluding hydrogens is 222 g/mol. The van der Waals surface area contributed by atoms with E-state index in [0.717, 1.165) is 24.2 Å². The van der Waals surface area contributed by atoms with Crippen LogP contribution in [0.4, 0.5) is 5.82 Å². The van der Waals surface area contributed by atoms with Gasteiger partial charge in [-0.15, -0.1) is 0 Å². The van der Waals surface area contributed by atoms with Crippen molar-refractivity contribution in [1.82, 2.24) is 9.97 Å². The maximum absolute atomic E-state index is 6.09. The number of anilines is 1. The Kier molecular flexibility index (Phi) is 3.06. The minimum atomic E-state index is 0.390. The van der Waals surface area contributed by atoms with Crippen molar-refractivity contribution in [3.8, 4) is 0 Å². The van der Waals surface area contributed by atoms with E-state index in [4.69, 9.17) is 11.6 Å². The zero-order valence-corrected chi connectivity index (χ0v) is 10.8. The van der Waals surface area contributed by atoms with Crippen molar-refractivity contribution in [1.29, 1.82) is 0 Å². The van der Waals surface area contributed by atoms with Gasteiger partial charge >= 0.3 is 0 Å². The van der Waals surface area contributed by atoms with Crippen molar-refractivity contribution in [3.63, 3.8) is 0 Å². The molecule has 1 fully saturated rings. The summed E-state index contributed by atoms with van der Waals surface area (Å²) in [7, 11) is 0. The molecule has 0 aliphatic heterocycles. The van der Waals surface area contributed by atoms with Crippen molar-refractivity contribution in [2.24, 2.45) is 5.41 Å². The molecular formula is C12H18ClN3. The molecule has 0 saturated heterocycles. The Morgan fingerprint density at radius 2 is 2.19 bits per heavy atom. The van der Waals surface area contributed by atoms with Gasteiger partial charge in [0.1, 0.15) is 17.3 Å². The fraction of sp³-hybridized carbons (Fsp3) is 0.667. The first-order valence-electron chi connectivity index (χ1n) is 5.80. The van der Waals surface area contributed by atoms with E-state index in [1.807, 2.05) is 0 Å². The summed E-state index contributed by atoms with van der Waals surface area (Å²) in [5.41, 5.74) is 1.44. The lowest BCUT2D eigenvalue weighted by Gasteiger charge is -2.12. The van der Waals surface area contributed by atoms with Gasteiger partial charge in [-0.25, -0.2) is 9.97 Å². The molecule has 3 nitrogen and oxygen atoms in total. The third-order valence-corrected chi connectivity index (χ3v) is 3.54. The molecule has 1 aromatic heterocycles. The van der Waals surface area contributed by atoms with Crippen LogP contribution in [0.5, 0.6) is 0 Å². The fourth-order valence-electron chi connectivity index (χ4n) is 1.87. The Labute approximate surface area is 102 Å². The maximum atomic E-state index is 6.09. The summed E-state index contributed by atoms with van der Waals surface area (Å²) in [6.07, 6.45) is 4.70. The monoisotopic (exact) mass is 239 g/mol. The molecule has 88 valence electrons. The smallest absolute Gasteiger partial charge is 0.137 e. The van der Waals surface area contributed by atoms with Crippen molar-refractivity contribution >= 4 is 17.4 Å². The van der Waals surface area contributed by atoms with Crippen LogP contribution in [0.25, 0.3) is 0 Å². The van der Waals surface area contributed by atoms with Crippen LogP contribution in [0.15, 0.2) is 6.33 Å². The van der Waals surface area contributed by atoms with Crippen LogP contribution in [0.1, 0.15) is 39.2 Å². The third kappa shape index (κ3) is 2.29. The van der Waals surface area contributed by atoms with E-state index in [2.05, 4.69) is 36.1 Å². The topological polar surface area (TPSA) is 37.8 Å². The minimum absolute atomic E-state index is 0.390. The van der Waals surface area contributed by atoms with Crippen LogP contribution in [0, 0.1) is 5.41 Å². The van der Waals surface area contributed by atoms with Crippen molar-refractivity contribution < 1.29 is 0 Å². The first-order valence-corrected chi connectivity index (χ1v) is 6.18. The molecule has 1 aliphatic carbocycles. The van der Waals surface area contributed by atoms with Crippen LogP contribution in [-0.4, -0.2) is 16.0 Å². The summed E-state index contributed by atoms with van der Waals surface area (Å²) >= 11 is 6.09. The average Bonchev–Trinajstić information content (AvgIpc) is 2.80. The molecule has 1 atom stereocenters. The van der Waals surface area contributed by atoms with Gasteiger partial charge in [0.15, 0.2) is 0 Å². The molecule has 0 amide bonds. The van der Waals surface area contributed by atoms with Gasteiger partial charge in [0.2, 0.25) is 0 Å². The Balaban J connectivity index is 2.17. The van der Waals surface area contributed by atoms with Gasteiger partial charge in [0.05, 0.1) is 0 Å². The number of nitrogens with zero attached hydrogens (tertiary/aromatic N) is 2. The highest BCUT2D eigenvalue weighted by molar-refractivity contribution is 6.30. The van der Waals surface area contributed by atoms with Crippen LogP contribution < -0.4 is 5.32 Å². The summed E-state index contributed by atoms with van der Waals surface area (Å²) in [6.45, 7) is 6.65. The zero-order chi connectivity index (χ0) is 11.8. The fourth-order valence-corrected chi connectivity index (χ4v) is 2.09. The second-order valence-electron chi connectivity index (χ2n) is 5.13. The summed E-state index contributed by atoms with van der Waals surface area (Å²) in [6, 6.07) is 0.522. The standard InChI is InChI=1S/C12H18ClN3/c1-4-5-8-10(13)14-7-15-11(8)16-9-6-12(9,2)3/h7,9H,4-6H2,1-3H3,(H,14,15,16). The summed E-state index contributed by atoms with van der Waals surface area (Å²) in [5, 5.41) is 4.05. The van der Waals surface area contributed by atoms with Gasteiger partial charge in [-0.1, -0.05) is 38.8 Å². The third-order valence-electron chi connectivity index (χ3n) is 3.22. The molecule has 0 aromatic carbocycles. The number of hydrogen-bond acceptors (Lipinski definition) is 3. The molecule has 0 spiro atoms. The molecule has 1 aromatic rings. The molecule has 16 heavy (non-hydrogen) atoms. The predicted octanol–water partition coefficient (Wildman–Crippen LogP) is 3.29. The largest absolute Gasteiger partial charge is 0.366 e. The average molecular weight is 240 g/mol. The molecule has 1 aliphatic rings. The number of hydrogen-bond donors (Lipinski definition) is 1. The van der Waals surface area contributed by atoms with Crippen LogP contribution in [0.3, 0.4) is 0 Å². The maximum Gasteiger partial charge on any atom is 0.137 e. The number of nitrogens with one attached hydrogen (secondary N) is 1. The highest BCUT2D eigenvalue weighted by atomic mass is 35.5. The lowest BCUT2D eigenvalue weighted by Crippen LogP contribution is -2.12. The van der Waals surface area contributed by atoms with Gasteiger partial charge in [-0.2, -0.15) is 0 Å².